The first kappa shape index (κ1) is 30.1. The fourth-order valence-electron chi connectivity index (χ4n) is 4.45. The number of hydrogen-bond donors (Lipinski definition) is 1. The lowest BCUT2D eigenvalue weighted by Gasteiger charge is -2.43. The number of benzene rings is 1. The van der Waals surface area contributed by atoms with Gasteiger partial charge in [-0.25, -0.2) is 8.42 Å². The number of pyridine rings is 1. The number of anilines is 1. The summed E-state index contributed by atoms with van der Waals surface area (Å²) < 4.78 is 126. The Balaban J connectivity index is 1.77. The van der Waals surface area contributed by atoms with Crippen LogP contribution in [0.2, 0.25) is 0 Å². The molecule has 1 N–H and O–H groups in total. The predicted molar refractivity (Wildman–Crippen MR) is 130 cm³/mol. The second kappa shape index (κ2) is 10.2. The van der Waals surface area contributed by atoms with Crippen molar-refractivity contribution in [1.29, 1.82) is 0 Å². The predicted octanol–water partition coefficient (Wildman–Crippen LogP) is 6.08. The Morgan fingerprint density at radius 3 is 2.22 bits per heavy atom. The lowest BCUT2D eigenvalue weighted by atomic mass is 9.64. The minimum absolute atomic E-state index is 0.101. The van der Waals surface area contributed by atoms with E-state index in [9.17, 15) is 43.9 Å². The van der Waals surface area contributed by atoms with Crippen molar-refractivity contribution in [3.8, 4) is 11.8 Å². The number of alkyl halides is 6. The zero-order valence-electron chi connectivity index (χ0n) is 21.5. The van der Waals surface area contributed by atoms with E-state index in [0.717, 1.165) is 25.3 Å². The summed E-state index contributed by atoms with van der Waals surface area (Å²) in [7, 11) is -3.70. The number of sulfone groups is 1. The Morgan fingerprint density at radius 2 is 1.68 bits per heavy atom. The van der Waals surface area contributed by atoms with Gasteiger partial charge in [0, 0.05) is 23.1 Å². The lowest BCUT2D eigenvalue weighted by molar-refractivity contribution is -0.213. The van der Waals surface area contributed by atoms with Crippen LogP contribution in [0, 0.1) is 19.8 Å². The topological polar surface area (TPSA) is 111 Å². The average Bonchev–Trinajstić information content (AvgIpc) is 2.79. The van der Waals surface area contributed by atoms with Crippen LogP contribution in [-0.4, -0.2) is 41.9 Å². The summed E-state index contributed by atoms with van der Waals surface area (Å²) in [5.41, 5.74) is -6.40. The molecule has 220 valence electrons. The van der Waals surface area contributed by atoms with Crippen LogP contribution in [0.3, 0.4) is 0 Å². The van der Waals surface area contributed by atoms with Gasteiger partial charge in [-0.05, 0) is 56.5 Å². The average molecular weight is 607 g/mol. The smallest absolute Gasteiger partial charge is 0.418 e. The number of aromatic nitrogens is 3. The SMILES string of the molecule is Cc1cc(C2(C(F)(F)F)CCC2)c(F)nc1Oc1nnc(C(F)(F)F)c(C)c1C(=O)Nc1cccc(S(C)(=O)=O)c1. The number of halogens is 7. The van der Waals surface area contributed by atoms with Crippen LogP contribution in [0.4, 0.5) is 36.4 Å². The number of ether oxygens (including phenoxy) is 1. The first-order valence-electron chi connectivity index (χ1n) is 11.8. The van der Waals surface area contributed by atoms with Crippen LogP contribution in [0.1, 0.15) is 52.0 Å². The number of amides is 1. The van der Waals surface area contributed by atoms with Crippen molar-refractivity contribution < 1.29 is 48.7 Å². The van der Waals surface area contributed by atoms with Crippen molar-refractivity contribution in [2.45, 2.75) is 55.8 Å². The Bertz CT molecular complexity index is 1640. The molecular formula is C25H21F7N4O4S. The van der Waals surface area contributed by atoms with Gasteiger partial charge in [-0.2, -0.15) is 35.7 Å². The third-order valence-electron chi connectivity index (χ3n) is 6.78. The van der Waals surface area contributed by atoms with E-state index >= 15 is 0 Å². The van der Waals surface area contributed by atoms with Gasteiger partial charge >= 0.3 is 12.4 Å². The van der Waals surface area contributed by atoms with E-state index in [-0.39, 0.29) is 35.4 Å². The van der Waals surface area contributed by atoms with E-state index in [2.05, 4.69) is 20.5 Å². The Labute approximate surface area is 228 Å². The van der Waals surface area contributed by atoms with E-state index in [4.69, 9.17) is 4.74 Å². The molecule has 0 radical (unpaired) electrons. The second-order valence-corrected chi connectivity index (χ2v) is 11.6. The molecule has 41 heavy (non-hydrogen) atoms. The van der Waals surface area contributed by atoms with Crippen LogP contribution in [-0.2, 0) is 21.4 Å². The maximum atomic E-state index is 15.0. The van der Waals surface area contributed by atoms with Crippen molar-refractivity contribution >= 4 is 21.4 Å². The molecule has 8 nitrogen and oxygen atoms in total. The van der Waals surface area contributed by atoms with Gasteiger partial charge < -0.3 is 10.1 Å². The number of nitrogens with one attached hydrogen (secondary N) is 1. The molecule has 0 spiro atoms. The normalized spacial score (nSPS) is 15.3. The number of hydrogen-bond acceptors (Lipinski definition) is 7. The third-order valence-corrected chi connectivity index (χ3v) is 7.89. The maximum Gasteiger partial charge on any atom is 0.435 e. The van der Waals surface area contributed by atoms with Gasteiger partial charge in [0.05, 0.1) is 10.3 Å². The highest BCUT2D eigenvalue weighted by molar-refractivity contribution is 7.90. The van der Waals surface area contributed by atoms with Crippen molar-refractivity contribution in [3.63, 3.8) is 0 Å². The summed E-state index contributed by atoms with van der Waals surface area (Å²) in [6.07, 6.45) is -9.35. The van der Waals surface area contributed by atoms with Gasteiger partial charge in [-0.15, -0.1) is 10.2 Å². The molecule has 0 bridgehead atoms. The molecule has 4 rings (SSSR count). The Kier molecular flexibility index (Phi) is 7.52. The molecule has 0 saturated heterocycles. The van der Waals surface area contributed by atoms with E-state index < -0.39 is 73.6 Å². The van der Waals surface area contributed by atoms with E-state index in [1.165, 1.54) is 25.1 Å². The van der Waals surface area contributed by atoms with Crippen molar-refractivity contribution in [1.82, 2.24) is 15.2 Å². The summed E-state index contributed by atoms with van der Waals surface area (Å²) in [5.74, 6) is -4.21. The molecular weight excluding hydrogens is 585 g/mol. The van der Waals surface area contributed by atoms with Crippen LogP contribution in [0.5, 0.6) is 11.8 Å². The van der Waals surface area contributed by atoms with Gasteiger partial charge in [0.1, 0.15) is 5.56 Å². The monoisotopic (exact) mass is 606 g/mol. The summed E-state index contributed by atoms with van der Waals surface area (Å²) in [6.45, 7) is 2.15. The van der Waals surface area contributed by atoms with E-state index in [1.54, 1.807) is 0 Å². The maximum absolute atomic E-state index is 15.0. The Morgan fingerprint density at radius 1 is 1.02 bits per heavy atom. The molecule has 1 saturated carbocycles. The number of carbonyl (C=O) groups is 1. The fraction of sp³-hybridized carbons (Fsp3) is 0.360. The first-order chi connectivity index (χ1) is 18.8. The summed E-state index contributed by atoms with van der Waals surface area (Å²) in [6, 6.07) is 5.76. The summed E-state index contributed by atoms with van der Waals surface area (Å²) >= 11 is 0. The molecule has 1 fully saturated rings. The van der Waals surface area contributed by atoms with E-state index in [1.807, 2.05) is 0 Å². The third kappa shape index (κ3) is 5.69. The largest absolute Gasteiger partial charge is 0.435 e. The molecule has 1 aliphatic carbocycles. The van der Waals surface area contributed by atoms with Gasteiger partial charge in [-0.1, -0.05) is 12.5 Å². The molecule has 0 unspecified atom stereocenters. The molecule has 1 aliphatic rings. The fourth-order valence-corrected chi connectivity index (χ4v) is 5.11. The molecule has 0 atom stereocenters. The van der Waals surface area contributed by atoms with Crippen molar-refractivity contribution in [2.75, 3.05) is 11.6 Å². The zero-order chi connectivity index (χ0) is 30.5. The minimum Gasteiger partial charge on any atom is -0.418 e. The first-order valence-corrected chi connectivity index (χ1v) is 13.7. The van der Waals surface area contributed by atoms with Crippen LogP contribution in [0.25, 0.3) is 0 Å². The molecule has 16 heteroatoms. The summed E-state index contributed by atoms with van der Waals surface area (Å²) in [5, 5.41) is 8.68. The van der Waals surface area contributed by atoms with Gasteiger partial charge in [0.15, 0.2) is 15.5 Å². The molecule has 1 amide bonds. The molecule has 0 aliphatic heterocycles. The zero-order valence-corrected chi connectivity index (χ0v) is 22.4. The van der Waals surface area contributed by atoms with E-state index in [0.29, 0.717) is 0 Å². The standard InChI is InChI=1S/C25H21F7N4O4S/c1-12-10-16(23(8-5-9-23)25(30,31)32)19(26)34-21(12)40-22-17(13(2)18(35-36-22)24(27,28)29)20(37)33-14-6-4-7-15(11-14)41(3,38)39/h4,6-7,10-11H,5,8-9H2,1-3H3,(H,33,37). The minimum atomic E-state index is -5.04. The Hall–Kier alpha value is -3.82. The number of rotatable bonds is 6. The number of carbonyl (C=O) groups excluding carboxylic acids is 1. The second-order valence-electron chi connectivity index (χ2n) is 9.59. The van der Waals surface area contributed by atoms with Crippen LogP contribution in [0.15, 0.2) is 35.2 Å². The van der Waals surface area contributed by atoms with Gasteiger partial charge in [0.25, 0.3) is 11.8 Å². The molecule has 2 aromatic heterocycles. The van der Waals surface area contributed by atoms with Crippen LogP contribution >= 0.6 is 0 Å². The lowest BCUT2D eigenvalue weighted by Crippen LogP contribution is -2.48. The molecule has 2 heterocycles. The quantitative estimate of drug-likeness (QED) is 0.268. The number of aryl methyl sites for hydroxylation is 1. The molecule has 1 aromatic carbocycles. The van der Waals surface area contributed by atoms with Crippen molar-refractivity contribution in [2.24, 2.45) is 0 Å². The highest BCUT2D eigenvalue weighted by Crippen LogP contribution is 2.55. The van der Waals surface area contributed by atoms with Crippen molar-refractivity contribution in [3.05, 3.63) is 64.2 Å². The highest BCUT2D eigenvalue weighted by atomic mass is 32.2. The van der Waals surface area contributed by atoms with Gasteiger partial charge in [0.2, 0.25) is 11.8 Å². The summed E-state index contributed by atoms with van der Waals surface area (Å²) in [4.78, 5) is 16.5. The number of nitrogens with zero attached hydrogens (tertiary/aromatic N) is 3. The van der Waals surface area contributed by atoms with Gasteiger partial charge in [-0.3, -0.25) is 4.79 Å². The highest BCUT2D eigenvalue weighted by Gasteiger charge is 2.60. The molecule has 3 aromatic rings. The van der Waals surface area contributed by atoms with Crippen LogP contribution < -0.4 is 10.1 Å².